The lowest BCUT2D eigenvalue weighted by molar-refractivity contribution is -0.137. The Balaban J connectivity index is 0.00000220. The van der Waals surface area contributed by atoms with E-state index in [0.29, 0.717) is 6.54 Å². The predicted molar refractivity (Wildman–Crippen MR) is 85.5 cm³/mol. The highest BCUT2D eigenvalue weighted by Crippen LogP contribution is 2.16. The summed E-state index contributed by atoms with van der Waals surface area (Å²) >= 11 is 1.51. The van der Waals surface area contributed by atoms with E-state index in [-0.39, 0.29) is 30.8 Å². The Morgan fingerprint density at radius 2 is 2.05 bits per heavy atom. The number of carboxylic acids is 1. The number of piperidine rings is 1. The Labute approximate surface area is 134 Å². The normalized spacial score (nSPS) is 16.2. The molecule has 0 unspecified atom stereocenters. The SMILES string of the molecule is Cc1ccc(C(=O)NC2CCN(CCC(=O)O)CC2)s1.Cl. The van der Waals surface area contributed by atoms with Gasteiger partial charge in [0.25, 0.3) is 5.91 Å². The van der Waals surface area contributed by atoms with Gasteiger partial charge in [-0.1, -0.05) is 0 Å². The third-order valence-electron chi connectivity index (χ3n) is 3.53. The molecular formula is C14H21ClN2O3S. The van der Waals surface area contributed by atoms with E-state index in [2.05, 4.69) is 10.2 Å². The lowest BCUT2D eigenvalue weighted by Crippen LogP contribution is -2.44. The first-order valence-corrected chi connectivity index (χ1v) is 7.67. The Morgan fingerprint density at radius 3 is 2.57 bits per heavy atom. The highest BCUT2D eigenvalue weighted by atomic mass is 35.5. The molecule has 1 fully saturated rings. The van der Waals surface area contributed by atoms with Crippen molar-refractivity contribution in [1.82, 2.24) is 10.2 Å². The van der Waals surface area contributed by atoms with Crippen molar-refractivity contribution in [3.8, 4) is 0 Å². The third kappa shape index (κ3) is 5.65. The van der Waals surface area contributed by atoms with E-state index in [9.17, 15) is 9.59 Å². The topological polar surface area (TPSA) is 69.6 Å². The van der Waals surface area contributed by atoms with Crippen LogP contribution in [-0.2, 0) is 4.79 Å². The Bertz CT molecular complexity index is 484. The number of aryl methyl sites for hydroxylation is 1. The molecule has 1 saturated heterocycles. The second-order valence-electron chi connectivity index (χ2n) is 5.14. The monoisotopic (exact) mass is 332 g/mol. The zero-order valence-electron chi connectivity index (χ0n) is 12.0. The molecule has 0 bridgehead atoms. The predicted octanol–water partition coefficient (Wildman–Crippen LogP) is 2.15. The lowest BCUT2D eigenvalue weighted by Gasteiger charge is -2.31. The first kappa shape index (κ1) is 17.9. The van der Waals surface area contributed by atoms with Gasteiger partial charge < -0.3 is 15.3 Å². The first-order valence-electron chi connectivity index (χ1n) is 6.86. The fraction of sp³-hybridized carbons (Fsp3) is 0.571. The number of carbonyl (C=O) groups excluding carboxylic acids is 1. The average molecular weight is 333 g/mol. The Kier molecular flexibility index (Phi) is 7.14. The molecule has 21 heavy (non-hydrogen) atoms. The molecule has 0 radical (unpaired) electrons. The number of carboxylic acid groups (broad SMARTS) is 1. The maximum atomic E-state index is 12.0. The van der Waals surface area contributed by atoms with Gasteiger partial charge in [0.2, 0.25) is 0 Å². The molecule has 0 atom stereocenters. The lowest BCUT2D eigenvalue weighted by atomic mass is 10.0. The van der Waals surface area contributed by atoms with E-state index in [1.54, 1.807) is 0 Å². The largest absolute Gasteiger partial charge is 0.481 e. The maximum absolute atomic E-state index is 12.0. The average Bonchev–Trinajstić information content (AvgIpc) is 2.85. The van der Waals surface area contributed by atoms with Crippen molar-refractivity contribution in [2.45, 2.75) is 32.2 Å². The van der Waals surface area contributed by atoms with Crippen molar-refractivity contribution in [3.05, 3.63) is 21.9 Å². The van der Waals surface area contributed by atoms with Crippen molar-refractivity contribution in [2.75, 3.05) is 19.6 Å². The molecule has 2 N–H and O–H groups in total. The molecule has 0 aliphatic carbocycles. The zero-order chi connectivity index (χ0) is 14.5. The van der Waals surface area contributed by atoms with Crippen molar-refractivity contribution in [3.63, 3.8) is 0 Å². The summed E-state index contributed by atoms with van der Waals surface area (Å²) in [6, 6.07) is 4.01. The number of thiophene rings is 1. The summed E-state index contributed by atoms with van der Waals surface area (Å²) in [7, 11) is 0. The van der Waals surface area contributed by atoms with Gasteiger partial charge in [0, 0.05) is 30.6 Å². The first-order chi connectivity index (χ1) is 9.54. The summed E-state index contributed by atoms with van der Waals surface area (Å²) in [5.41, 5.74) is 0. The van der Waals surface area contributed by atoms with Crippen LogP contribution in [0.15, 0.2) is 12.1 Å². The summed E-state index contributed by atoms with van der Waals surface area (Å²) in [5, 5.41) is 11.7. The van der Waals surface area contributed by atoms with Crippen LogP contribution in [0.25, 0.3) is 0 Å². The second kappa shape index (κ2) is 8.36. The van der Waals surface area contributed by atoms with Crippen LogP contribution in [0.5, 0.6) is 0 Å². The van der Waals surface area contributed by atoms with Gasteiger partial charge in [0.1, 0.15) is 0 Å². The standard InChI is InChI=1S/C14H20N2O3S.ClH/c1-10-2-3-12(20-10)14(19)15-11-4-7-16(8-5-11)9-6-13(17)18;/h2-3,11H,4-9H2,1H3,(H,15,19)(H,17,18);1H. The third-order valence-corrected chi connectivity index (χ3v) is 4.53. The molecule has 5 nitrogen and oxygen atoms in total. The van der Waals surface area contributed by atoms with Crippen LogP contribution in [0.2, 0.25) is 0 Å². The molecule has 0 aromatic carbocycles. The van der Waals surface area contributed by atoms with Gasteiger partial charge in [-0.2, -0.15) is 0 Å². The number of amides is 1. The van der Waals surface area contributed by atoms with Gasteiger partial charge in [0.15, 0.2) is 0 Å². The maximum Gasteiger partial charge on any atom is 0.304 e. The van der Waals surface area contributed by atoms with Gasteiger partial charge in [-0.05, 0) is 31.9 Å². The van der Waals surface area contributed by atoms with Gasteiger partial charge >= 0.3 is 5.97 Å². The van der Waals surface area contributed by atoms with Gasteiger partial charge in [-0.3, -0.25) is 9.59 Å². The minimum absolute atomic E-state index is 0. The van der Waals surface area contributed by atoms with Gasteiger partial charge in [-0.15, -0.1) is 23.7 Å². The molecule has 1 aromatic rings. The van der Waals surface area contributed by atoms with Crippen LogP contribution >= 0.6 is 23.7 Å². The van der Waals surface area contributed by atoms with Crippen molar-refractivity contribution in [1.29, 1.82) is 0 Å². The smallest absolute Gasteiger partial charge is 0.304 e. The van der Waals surface area contributed by atoms with Crippen LogP contribution in [0.1, 0.15) is 33.8 Å². The van der Waals surface area contributed by atoms with Gasteiger partial charge in [0.05, 0.1) is 11.3 Å². The van der Waals surface area contributed by atoms with Crippen molar-refractivity contribution in [2.24, 2.45) is 0 Å². The molecule has 0 saturated carbocycles. The number of carbonyl (C=O) groups is 2. The highest BCUT2D eigenvalue weighted by molar-refractivity contribution is 7.13. The summed E-state index contributed by atoms with van der Waals surface area (Å²) < 4.78 is 0. The molecule has 2 rings (SSSR count). The second-order valence-corrected chi connectivity index (χ2v) is 6.43. The summed E-state index contributed by atoms with van der Waals surface area (Å²) in [4.78, 5) is 26.6. The van der Waals surface area contributed by atoms with E-state index in [0.717, 1.165) is 35.7 Å². The van der Waals surface area contributed by atoms with E-state index in [1.165, 1.54) is 11.3 Å². The molecule has 1 aliphatic heterocycles. The number of aliphatic carboxylic acids is 1. The number of hydrogen-bond acceptors (Lipinski definition) is 4. The fourth-order valence-electron chi connectivity index (χ4n) is 2.37. The van der Waals surface area contributed by atoms with Crippen LogP contribution < -0.4 is 5.32 Å². The highest BCUT2D eigenvalue weighted by Gasteiger charge is 2.21. The van der Waals surface area contributed by atoms with E-state index in [1.807, 2.05) is 19.1 Å². The van der Waals surface area contributed by atoms with Crippen LogP contribution in [0.3, 0.4) is 0 Å². The number of halogens is 1. The van der Waals surface area contributed by atoms with Gasteiger partial charge in [-0.25, -0.2) is 0 Å². The number of rotatable bonds is 5. The minimum atomic E-state index is -0.756. The van der Waals surface area contributed by atoms with Crippen molar-refractivity contribution >= 4 is 35.6 Å². The van der Waals surface area contributed by atoms with E-state index < -0.39 is 5.97 Å². The molecule has 1 aromatic heterocycles. The number of nitrogens with zero attached hydrogens (tertiary/aromatic N) is 1. The van der Waals surface area contributed by atoms with Crippen molar-refractivity contribution < 1.29 is 14.7 Å². The van der Waals surface area contributed by atoms with E-state index in [4.69, 9.17) is 5.11 Å². The Hall–Kier alpha value is -1.11. The number of likely N-dealkylation sites (tertiary alicyclic amines) is 1. The Morgan fingerprint density at radius 1 is 1.38 bits per heavy atom. The number of hydrogen-bond donors (Lipinski definition) is 2. The van der Waals surface area contributed by atoms with E-state index >= 15 is 0 Å². The number of nitrogens with one attached hydrogen (secondary N) is 1. The molecule has 2 heterocycles. The molecule has 7 heteroatoms. The minimum Gasteiger partial charge on any atom is -0.481 e. The zero-order valence-corrected chi connectivity index (χ0v) is 13.6. The summed E-state index contributed by atoms with van der Waals surface area (Å²) in [5.74, 6) is -0.749. The van der Waals surface area contributed by atoms with Crippen LogP contribution in [0.4, 0.5) is 0 Å². The molecule has 118 valence electrons. The summed E-state index contributed by atoms with van der Waals surface area (Å²) in [6.07, 6.45) is 1.96. The fourth-order valence-corrected chi connectivity index (χ4v) is 3.14. The van der Waals surface area contributed by atoms with Crippen LogP contribution in [-0.4, -0.2) is 47.6 Å². The quantitative estimate of drug-likeness (QED) is 0.866. The summed E-state index contributed by atoms with van der Waals surface area (Å²) in [6.45, 7) is 4.28. The molecule has 1 amide bonds. The molecular weight excluding hydrogens is 312 g/mol. The molecule has 0 spiro atoms. The van der Waals surface area contributed by atoms with Crippen LogP contribution in [0, 0.1) is 6.92 Å². The molecule has 1 aliphatic rings.